The van der Waals surface area contributed by atoms with Crippen LogP contribution in [0.25, 0.3) is 11.6 Å². The molecule has 2 heterocycles. The molecular formula is C15H18BrN3O. The van der Waals surface area contributed by atoms with Crippen molar-refractivity contribution in [1.82, 2.24) is 9.97 Å². The first-order valence-electron chi connectivity index (χ1n) is 7.17. The van der Waals surface area contributed by atoms with Crippen LogP contribution in [0.5, 0.6) is 0 Å². The molecule has 2 aromatic rings. The van der Waals surface area contributed by atoms with E-state index in [0.29, 0.717) is 16.3 Å². The van der Waals surface area contributed by atoms with Gasteiger partial charge in [0.15, 0.2) is 16.3 Å². The van der Waals surface area contributed by atoms with Crippen LogP contribution < -0.4 is 5.32 Å². The fraction of sp³-hybridized carbons (Fsp3) is 0.467. The van der Waals surface area contributed by atoms with Gasteiger partial charge >= 0.3 is 0 Å². The highest BCUT2D eigenvalue weighted by Gasteiger charge is 2.19. The highest BCUT2D eigenvalue weighted by molar-refractivity contribution is 9.10. The molecule has 0 aromatic carbocycles. The molecule has 1 aliphatic carbocycles. The van der Waals surface area contributed by atoms with Gasteiger partial charge < -0.3 is 9.73 Å². The van der Waals surface area contributed by atoms with E-state index < -0.39 is 0 Å². The number of fused-ring (bicyclic) bond motifs is 1. The normalized spacial score (nSPS) is 14.1. The minimum atomic E-state index is 0.676. The van der Waals surface area contributed by atoms with Crippen molar-refractivity contribution >= 4 is 21.7 Å². The first kappa shape index (κ1) is 13.6. The molecule has 0 bridgehead atoms. The SMILES string of the molecule is CCCNc1nc(-c2ccc(Br)o2)nc2c1CCCC2. The number of rotatable bonds is 4. The summed E-state index contributed by atoms with van der Waals surface area (Å²) in [5, 5.41) is 3.43. The third kappa shape index (κ3) is 2.73. The topological polar surface area (TPSA) is 51.0 Å². The molecular weight excluding hydrogens is 318 g/mol. The zero-order valence-electron chi connectivity index (χ0n) is 11.6. The minimum Gasteiger partial charge on any atom is -0.446 e. The summed E-state index contributed by atoms with van der Waals surface area (Å²) in [5.41, 5.74) is 2.46. The van der Waals surface area contributed by atoms with Crippen LogP contribution in [0.2, 0.25) is 0 Å². The summed E-state index contributed by atoms with van der Waals surface area (Å²) in [6.45, 7) is 3.09. The Bertz CT molecular complexity index is 609. The van der Waals surface area contributed by atoms with Gasteiger partial charge in [-0.3, -0.25) is 0 Å². The molecule has 2 aromatic heterocycles. The Morgan fingerprint density at radius 2 is 2.10 bits per heavy atom. The minimum absolute atomic E-state index is 0.676. The van der Waals surface area contributed by atoms with Crippen molar-refractivity contribution < 1.29 is 4.42 Å². The molecule has 0 radical (unpaired) electrons. The number of nitrogens with zero attached hydrogens (tertiary/aromatic N) is 2. The predicted octanol–water partition coefficient (Wildman–Crippen LogP) is 4.20. The van der Waals surface area contributed by atoms with Crippen molar-refractivity contribution in [2.45, 2.75) is 39.0 Å². The van der Waals surface area contributed by atoms with Crippen molar-refractivity contribution in [2.75, 3.05) is 11.9 Å². The second kappa shape index (κ2) is 5.95. The third-order valence-electron chi connectivity index (χ3n) is 3.52. The molecule has 1 N–H and O–H groups in total. The van der Waals surface area contributed by atoms with Crippen LogP contribution in [0.15, 0.2) is 21.2 Å². The Hall–Kier alpha value is -1.36. The lowest BCUT2D eigenvalue weighted by Crippen LogP contribution is -2.14. The number of aryl methyl sites for hydroxylation is 1. The molecule has 0 spiro atoms. The summed E-state index contributed by atoms with van der Waals surface area (Å²) >= 11 is 3.33. The van der Waals surface area contributed by atoms with Crippen LogP contribution >= 0.6 is 15.9 Å². The van der Waals surface area contributed by atoms with Crippen molar-refractivity contribution in [2.24, 2.45) is 0 Å². The second-order valence-electron chi connectivity index (χ2n) is 5.06. The van der Waals surface area contributed by atoms with Gasteiger partial charge in [-0.25, -0.2) is 9.97 Å². The predicted molar refractivity (Wildman–Crippen MR) is 82.9 cm³/mol. The van der Waals surface area contributed by atoms with E-state index in [2.05, 4.69) is 33.2 Å². The van der Waals surface area contributed by atoms with E-state index in [1.54, 1.807) is 0 Å². The van der Waals surface area contributed by atoms with E-state index >= 15 is 0 Å². The molecule has 4 nitrogen and oxygen atoms in total. The van der Waals surface area contributed by atoms with E-state index in [1.165, 1.54) is 24.1 Å². The molecule has 0 amide bonds. The average Bonchev–Trinajstić information content (AvgIpc) is 2.91. The number of hydrogen-bond acceptors (Lipinski definition) is 4. The van der Waals surface area contributed by atoms with Crippen molar-refractivity contribution in [1.29, 1.82) is 0 Å². The molecule has 5 heteroatoms. The number of aromatic nitrogens is 2. The number of furan rings is 1. The molecule has 0 fully saturated rings. The van der Waals surface area contributed by atoms with Crippen LogP contribution in [0.3, 0.4) is 0 Å². The fourth-order valence-corrected chi connectivity index (χ4v) is 2.83. The van der Waals surface area contributed by atoms with Gasteiger partial charge in [-0.15, -0.1) is 0 Å². The summed E-state index contributed by atoms with van der Waals surface area (Å²) < 4.78 is 6.29. The van der Waals surface area contributed by atoms with Gasteiger partial charge in [0.1, 0.15) is 5.82 Å². The average molecular weight is 336 g/mol. The fourth-order valence-electron chi connectivity index (χ4n) is 2.53. The highest BCUT2D eigenvalue weighted by Crippen LogP contribution is 2.29. The van der Waals surface area contributed by atoms with Gasteiger partial charge in [0.25, 0.3) is 0 Å². The molecule has 0 saturated heterocycles. The number of anilines is 1. The lowest BCUT2D eigenvalue weighted by atomic mass is 9.96. The van der Waals surface area contributed by atoms with Gasteiger partial charge in [0, 0.05) is 17.8 Å². The summed E-state index contributed by atoms with van der Waals surface area (Å²) in [7, 11) is 0. The van der Waals surface area contributed by atoms with Crippen molar-refractivity contribution in [3.05, 3.63) is 28.1 Å². The maximum atomic E-state index is 5.58. The summed E-state index contributed by atoms with van der Waals surface area (Å²) in [6, 6.07) is 3.77. The van der Waals surface area contributed by atoms with E-state index in [9.17, 15) is 0 Å². The molecule has 0 saturated carbocycles. The zero-order valence-corrected chi connectivity index (χ0v) is 13.2. The summed E-state index contributed by atoms with van der Waals surface area (Å²) in [5.74, 6) is 2.37. The molecule has 0 atom stereocenters. The van der Waals surface area contributed by atoms with Crippen LogP contribution in [0, 0.1) is 0 Å². The maximum absolute atomic E-state index is 5.58. The lowest BCUT2D eigenvalue weighted by molar-refractivity contribution is 0.549. The second-order valence-corrected chi connectivity index (χ2v) is 5.84. The van der Waals surface area contributed by atoms with Crippen molar-refractivity contribution in [3.8, 4) is 11.6 Å². The zero-order chi connectivity index (χ0) is 13.9. The Balaban J connectivity index is 2.03. The van der Waals surface area contributed by atoms with E-state index in [-0.39, 0.29) is 0 Å². The third-order valence-corrected chi connectivity index (χ3v) is 3.95. The Morgan fingerprint density at radius 3 is 2.85 bits per heavy atom. The van der Waals surface area contributed by atoms with Gasteiger partial charge in [-0.2, -0.15) is 0 Å². The van der Waals surface area contributed by atoms with E-state index in [1.807, 2.05) is 12.1 Å². The quantitative estimate of drug-likeness (QED) is 0.909. The number of hydrogen-bond donors (Lipinski definition) is 1. The van der Waals surface area contributed by atoms with Gasteiger partial charge in [0.2, 0.25) is 0 Å². The van der Waals surface area contributed by atoms with Crippen LogP contribution in [-0.2, 0) is 12.8 Å². The molecule has 20 heavy (non-hydrogen) atoms. The smallest absolute Gasteiger partial charge is 0.197 e. The van der Waals surface area contributed by atoms with Gasteiger partial charge in [-0.1, -0.05) is 6.92 Å². The molecule has 0 aliphatic heterocycles. The lowest BCUT2D eigenvalue weighted by Gasteiger charge is -2.19. The Morgan fingerprint density at radius 1 is 1.25 bits per heavy atom. The molecule has 1 aliphatic rings. The first-order chi connectivity index (χ1) is 9.78. The standard InChI is InChI=1S/C15H18BrN3O/c1-2-9-17-14-10-5-3-4-6-11(10)18-15(19-14)12-7-8-13(16)20-12/h7-8H,2-6,9H2,1H3,(H,17,18,19). The Kier molecular flexibility index (Phi) is 4.05. The Labute approximate surface area is 127 Å². The maximum Gasteiger partial charge on any atom is 0.197 e. The first-order valence-corrected chi connectivity index (χ1v) is 7.96. The summed E-state index contributed by atoms with van der Waals surface area (Å²) in [4.78, 5) is 9.37. The van der Waals surface area contributed by atoms with E-state index in [0.717, 1.165) is 31.6 Å². The van der Waals surface area contributed by atoms with E-state index in [4.69, 9.17) is 9.40 Å². The van der Waals surface area contributed by atoms with Crippen LogP contribution in [0.1, 0.15) is 37.4 Å². The molecule has 106 valence electrons. The molecule has 3 rings (SSSR count). The molecule has 0 unspecified atom stereocenters. The largest absolute Gasteiger partial charge is 0.446 e. The highest BCUT2D eigenvalue weighted by atomic mass is 79.9. The summed E-state index contributed by atoms with van der Waals surface area (Å²) in [6.07, 6.45) is 5.62. The van der Waals surface area contributed by atoms with Crippen molar-refractivity contribution in [3.63, 3.8) is 0 Å². The van der Waals surface area contributed by atoms with Crippen LogP contribution in [0.4, 0.5) is 5.82 Å². The number of halogens is 1. The number of nitrogens with one attached hydrogen (secondary N) is 1. The van der Waals surface area contributed by atoms with Gasteiger partial charge in [-0.05, 0) is 60.2 Å². The van der Waals surface area contributed by atoms with Crippen LogP contribution in [-0.4, -0.2) is 16.5 Å². The monoisotopic (exact) mass is 335 g/mol. The van der Waals surface area contributed by atoms with Gasteiger partial charge in [0.05, 0.1) is 0 Å².